The van der Waals surface area contributed by atoms with Crippen molar-refractivity contribution < 1.29 is 0 Å². The van der Waals surface area contributed by atoms with Gasteiger partial charge in [-0.05, 0) is 62.1 Å². The molecule has 3 aromatic rings. The lowest BCUT2D eigenvalue weighted by atomic mass is 10.1. The number of hydrogen-bond donors (Lipinski definition) is 0. The van der Waals surface area contributed by atoms with Crippen molar-refractivity contribution in [2.24, 2.45) is 0 Å². The summed E-state index contributed by atoms with van der Waals surface area (Å²) in [5.41, 5.74) is 0. The first-order chi connectivity index (χ1) is 15.3. The maximum atomic E-state index is 2.36. The molecule has 0 radical (unpaired) electrons. The van der Waals surface area contributed by atoms with Gasteiger partial charge in [0.2, 0.25) is 0 Å². The molecule has 170 valence electrons. The van der Waals surface area contributed by atoms with Crippen LogP contribution in [0.4, 0.5) is 0 Å². The second kappa shape index (κ2) is 14.3. The largest absolute Gasteiger partial charge is 0.139 e. The van der Waals surface area contributed by atoms with Crippen LogP contribution in [-0.2, 0) is 12.8 Å². The van der Waals surface area contributed by atoms with Crippen LogP contribution in [-0.4, -0.2) is 0 Å². The summed E-state index contributed by atoms with van der Waals surface area (Å²) in [7, 11) is 0. The molecule has 0 fully saturated rings. The summed E-state index contributed by atoms with van der Waals surface area (Å²) >= 11 is 5.96. The van der Waals surface area contributed by atoms with Crippen molar-refractivity contribution in [2.45, 2.75) is 104 Å². The SMILES string of the molecule is CCCCCCCCc1ccc(-c2ccc(-c3ccc(CCCCCCCC)s3)s2)s1. The Morgan fingerprint density at radius 1 is 0.419 bits per heavy atom. The van der Waals surface area contributed by atoms with Gasteiger partial charge < -0.3 is 0 Å². The van der Waals surface area contributed by atoms with E-state index in [4.69, 9.17) is 0 Å². The van der Waals surface area contributed by atoms with E-state index in [0.29, 0.717) is 0 Å². The van der Waals surface area contributed by atoms with Crippen LogP contribution >= 0.6 is 34.0 Å². The van der Waals surface area contributed by atoms with Crippen molar-refractivity contribution >= 4 is 34.0 Å². The Labute approximate surface area is 202 Å². The number of unbranched alkanes of at least 4 members (excludes halogenated alkanes) is 10. The second-order valence-corrected chi connectivity index (χ2v) is 12.2. The van der Waals surface area contributed by atoms with Gasteiger partial charge in [0.05, 0.1) is 0 Å². The quantitative estimate of drug-likeness (QED) is 0.182. The zero-order valence-electron chi connectivity index (χ0n) is 19.6. The molecule has 3 heterocycles. The predicted molar refractivity (Wildman–Crippen MR) is 145 cm³/mol. The summed E-state index contributed by atoms with van der Waals surface area (Å²) in [6.07, 6.45) is 19.1. The van der Waals surface area contributed by atoms with Gasteiger partial charge in [0.1, 0.15) is 0 Å². The molecule has 0 aliphatic carbocycles. The molecule has 0 N–H and O–H groups in total. The molecule has 3 heteroatoms. The van der Waals surface area contributed by atoms with Gasteiger partial charge in [-0.3, -0.25) is 0 Å². The highest BCUT2D eigenvalue weighted by Crippen LogP contribution is 2.40. The third kappa shape index (κ3) is 8.51. The van der Waals surface area contributed by atoms with Crippen molar-refractivity contribution in [2.75, 3.05) is 0 Å². The van der Waals surface area contributed by atoms with E-state index in [1.165, 1.54) is 109 Å². The molecular weight excluding hydrogens is 433 g/mol. The van der Waals surface area contributed by atoms with Crippen LogP contribution in [0.2, 0.25) is 0 Å². The zero-order chi connectivity index (χ0) is 21.7. The predicted octanol–water partition coefficient (Wildman–Crippen LogP) is 11.0. The number of thiophene rings is 3. The highest BCUT2D eigenvalue weighted by molar-refractivity contribution is 7.26. The van der Waals surface area contributed by atoms with Crippen LogP contribution in [0.15, 0.2) is 36.4 Å². The van der Waals surface area contributed by atoms with Crippen LogP contribution in [0.5, 0.6) is 0 Å². The van der Waals surface area contributed by atoms with E-state index in [-0.39, 0.29) is 0 Å². The summed E-state index contributed by atoms with van der Waals surface area (Å²) < 4.78 is 0. The molecule has 0 nitrogen and oxygen atoms in total. The van der Waals surface area contributed by atoms with E-state index in [0.717, 1.165) is 0 Å². The molecule has 0 spiro atoms. The van der Waals surface area contributed by atoms with Crippen molar-refractivity contribution in [1.82, 2.24) is 0 Å². The Morgan fingerprint density at radius 3 is 1.23 bits per heavy atom. The van der Waals surface area contributed by atoms with Gasteiger partial charge in [0.15, 0.2) is 0 Å². The molecule has 31 heavy (non-hydrogen) atoms. The summed E-state index contributed by atoms with van der Waals surface area (Å²) in [5.74, 6) is 0. The third-order valence-corrected chi connectivity index (χ3v) is 9.74. The van der Waals surface area contributed by atoms with Gasteiger partial charge in [0.25, 0.3) is 0 Å². The van der Waals surface area contributed by atoms with Gasteiger partial charge in [-0.1, -0.05) is 78.1 Å². The smallest absolute Gasteiger partial charge is 0.0449 e. The maximum Gasteiger partial charge on any atom is 0.0449 e. The number of rotatable bonds is 16. The van der Waals surface area contributed by atoms with Crippen molar-refractivity contribution in [3.63, 3.8) is 0 Å². The molecule has 0 aromatic carbocycles. The molecule has 0 atom stereocenters. The minimum Gasteiger partial charge on any atom is -0.139 e. The topological polar surface area (TPSA) is 0 Å². The number of hydrogen-bond acceptors (Lipinski definition) is 3. The minimum atomic E-state index is 1.25. The van der Waals surface area contributed by atoms with Crippen LogP contribution < -0.4 is 0 Å². The average molecular weight is 473 g/mol. The summed E-state index contributed by atoms with van der Waals surface area (Å²) in [6.45, 7) is 4.58. The molecule has 3 aromatic heterocycles. The standard InChI is InChI=1S/C28H40S3/c1-3-5-7-9-11-13-15-23-17-19-25(29-23)27-21-22-28(31-27)26-20-18-24(30-26)16-14-12-10-8-6-4-2/h17-22H,3-16H2,1-2H3. The van der Waals surface area contributed by atoms with E-state index in [2.05, 4.69) is 50.2 Å². The van der Waals surface area contributed by atoms with E-state index in [9.17, 15) is 0 Å². The summed E-state index contributed by atoms with van der Waals surface area (Å²) in [4.78, 5) is 8.86. The van der Waals surface area contributed by atoms with Crippen LogP contribution in [0.3, 0.4) is 0 Å². The first-order valence-corrected chi connectivity index (χ1v) is 15.0. The Bertz CT molecular complexity index is 782. The fourth-order valence-corrected chi connectivity index (χ4v) is 7.34. The highest BCUT2D eigenvalue weighted by atomic mass is 32.1. The lowest BCUT2D eigenvalue weighted by Crippen LogP contribution is -1.82. The molecule has 0 aliphatic rings. The lowest BCUT2D eigenvalue weighted by Gasteiger charge is -1.99. The Hall–Kier alpha value is -0.900. The Kier molecular flexibility index (Phi) is 11.4. The van der Waals surface area contributed by atoms with Crippen LogP contribution in [0.1, 0.15) is 101 Å². The fourth-order valence-electron chi connectivity index (χ4n) is 4.05. The van der Waals surface area contributed by atoms with Crippen LogP contribution in [0.25, 0.3) is 19.5 Å². The van der Waals surface area contributed by atoms with Crippen molar-refractivity contribution in [3.8, 4) is 19.5 Å². The minimum absolute atomic E-state index is 1.25. The molecule has 0 saturated carbocycles. The molecule has 0 saturated heterocycles. The van der Waals surface area contributed by atoms with Crippen molar-refractivity contribution in [1.29, 1.82) is 0 Å². The molecule has 3 rings (SSSR count). The van der Waals surface area contributed by atoms with Gasteiger partial charge in [0, 0.05) is 29.3 Å². The van der Waals surface area contributed by atoms with Gasteiger partial charge in [-0.25, -0.2) is 0 Å². The molecule has 0 amide bonds. The number of aryl methyl sites for hydroxylation is 2. The average Bonchev–Trinajstić information content (AvgIpc) is 3.53. The van der Waals surface area contributed by atoms with Gasteiger partial charge in [-0.2, -0.15) is 0 Å². The van der Waals surface area contributed by atoms with E-state index >= 15 is 0 Å². The van der Waals surface area contributed by atoms with Gasteiger partial charge >= 0.3 is 0 Å². The molecule has 0 bridgehead atoms. The summed E-state index contributed by atoms with van der Waals surface area (Å²) in [5, 5.41) is 0. The molecule has 0 unspecified atom stereocenters. The monoisotopic (exact) mass is 472 g/mol. The molecule has 0 aliphatic heterocycles. The first kappa shape index (κ1) is 24.7. The Morgan fingerprint density at radius 2 is 0.774 bits per heavy atom. The fraction of sp³-hybridized carbons (Fsp3) is 0.571. The lowest BCUT2D eigenvalue weighted by molar-refractivity contribution is 0.609. The van der Waals surface area contributed by atoms with E-state index < -0.39 is 0 Å². The normalized spacial score (nSPS) is 11.4. The van der Waals surface area contributed by atoms with Crippen LogP contribution in [0, 0.1) is 0 Å². The first-order valence-electron chi connectivity index (χ1n) is 12.6. The molecular formula is C28H40S3. The van der Waals surface area contributed by atoms with Crippen molar-refractivity contribution in [3.05, 3.63) is 46.2 Å². The zero-order valence-corrected chi connectivity index (χ0v) is 22.0. The third-order valence-electron chi connectivity index (χ3n) is 5.97. The highest BCUT2D eigenvalue weighted by Gasteiger charge is 2.10. The van der Waals surface area contributed by atoms with Gasteiger partial charge in [-0.15, -0.1) is 34.0 Å². The maximum absolute atomic E-state index is 2.36. The summed E-state index contributed by atoms with van der Waals surface area (Å²) in [6, 6.07) is 14.0. The van der Waals surface area contributed by atoms with E-state index in [1.54, 1.807) is 9.75 Å². The van der Waals surface area contributed by atoms with E-state index in [1.807, 2.05) is 34.0 Å². The Balaban J connectivity index is 1.45. The second-order valence-electron chi connectivity index (χ2n) is 8.73.